The lowest BCUT2D eigenvalue weighted by Crippen LogP contribution is -2.35. The SMILES string of the molecule is CCOc1ccc(CN2CCCC(F)C2)cc1. The van der Waals surface area contributed by atoms with Gasteiger partial charge in [-0.2, -0.15) is 0 Å². The molecule has 1 fully saturated rings. The molecule has 1 aromatic carbocycles. The quantitative estimate of drug-likeness (QED) is 0.798. The number of ether oxygens (including phenoxy) is 1. The molecule has 0 saturated carbocycles. The second-order valence-electron chi connectivity index (χ2n) is 4.55. The van der Waals surface area contributed by atoms with Crippen LogP contribution in [0.25, 0.3) is 0 Å². The van der Waals surface area contributed by atoms with Gasteiger partial charge in [0, 0.05) is 13.1 Å². The molecule has 2 nitrogen and oxygen atoms in total. The number of alkyl halides is 1. The van der Waals surface area contributed by atoms with Gasteiger partial charge in [0.15, 0.2) is 0 Å². The monoisotopic (exact) mass is 237 g/mol. The van der Waals surface area contributed by atoms with Crippen LogP contribution in [0.1, 0.15) is 25.3 Å². The van der Waals surface area contributed by atoms with E-state index in [1.54, 1.807) is 0 Å². The van der Waals surface area contributed by atoms with E-state index in [1.807, 2.05) is 19.1 Å². The molecule has 3 heteroatoms. The predicted molar refractivity (Wildman–Crippen MR) is 67.0 cm³/mol. The van der Waals surface area contributed by atoms with Crippen LogP contribution in [-0.2, 0) is 6.54 Å². The fourth-order valence-corrected chi connectivity index (χ4v) is 2.26. The standard InChI is InChI=1S/C14H20FNO/c1-2-17-14-7-5-12(6-8-14)10-16-9-3-4-13(15)11-16/h5-8,13H,2-4,9-11H2,1H3. The van der Waals surface area contributed by atoms with Gasteiger partial charge in [0.05, 0.1) is 6.61 Å². The zero-order chi connectivity index (χ0) is 12.1. The normalized spacial score (nSPS) is 21.4. The summed E-state index contributed by atoms with van der Waals surface area (Å²) >= 11 is 0. The van der Waals surface area contributed by atoms with E-state index in [1.165, 1.54) is 5.56 Å². The summed E-state index contributed by atoms with van der Waals surface area (Å²) in [5.41, 5.74) is 1.22. The lowest BCUT2D eigenvalue weighted by molar-refractivity contribution is 0.133. The van der Waals surface area contributed by atoms with Crippen LogP contribution in [0, 0.1) is 0 Å². The Morgan fingerprint density at radius 3 is 2.76 bits per heavy atom. The molecular weight excluding hydrogens is 217 g/mol. The van der Waals surface area contributed by atoms with Crippen LogP contribution in [0.15, 0.2) is 24.3 Å². The molecular formula is C14H20FNO. The van der Waals surface area contributed by atoms with E-state index in [9.17, 15) is 4.39 Å². The Hall–Kier alpha value is -1.09. The summed E-state index contributed by atoms with van der Waals surface area (Å²) in [4.78, 5) is 2.18. The van der Waals surface area contributed by atoms with Crippen LogP contribution in [0.2, 0.25) is 0 Å². The Morgan fingerprint density at radius 2 is 2.12 bits per heavy atom. The maximum atomic E-state index is 13.2. The van der Waals surface area contributed by atoms with Crippen molar-refractivity contribution in [2.45, 2.75) is 32.5 Å². The zero-order valence-corrected chi connectivity index (χ0v) is 10.4. The molecule has 0 spiro atoms. The minimum Gasteiger partial charge on any atom is -0.494 e. The van der Waals surface area contributed by atoms with Crippen molar-refractivity contribution < 1.29 is 9.13 Å². The number of hydrogen-bond donors (Lipinski definition) is 0. The highest BCUT2D eigenvalue weighted by molar-refractivity contribution is 5.27. The van der Waals surface area contributed by atoms with Gasteiger partial charge in [0.25, 0.3) is 0 Å². The van der Waals surface area contributed by atoms with Crippen molar-refractivity contribution in [2.75, 3.05) is 19.7 Å². The summed E-state index contributed by atoms with van der Waals surface area (Å²) in [6.45, 7) is 5.09. The lowest BCUT2D eigenvalue weighted by atomic mass is 10.1. The third kappa shape index (κ3) is 3.70. The first-order chi connectivity index (χ1) is 8.28. The Labute approximate surface area is 102 Å². The van der Waals surface area contributed by atoms with E-state index in [-0.39, 0.29) is 0 Å². The molecule has 2 rings (SSSR count). The lowest BCUT2D eigenvalue weighted by Gasteiger charge is -2.28. The van der Waals surface area contributed by atoms with Gasteiger partial charge in [-0.15, -0.1) is 0 Å². The average molecular weight is 237 g/mol. The molecule has 1 aromatic rings. The van der Waals surface area contributed by atoms with Gasteiger partial charge in [0.2, 0.25) is 0 Å². The van der Waals surface area contributed by atoms with Crippen LogP contribution in [-0.4, -0.2) is 30.8 Å². The summed E-state index contributed by atoms with van der Waals surface area (Å²) < 4.78 is 18.6. The van der Waals surface area contributed by atoms with Crippen molar-refractivity contribution >= 4 is 0 Å². The first-order valence-corrected chi connectivity index (χ1v) is 6.36. The molecule has 0 amide bonds. The Balaban J connectivity index is 1.89. The molecule has 1 heterocycles. The summed E-state index contributed by atoms with van der Waals surface area (Å²) in [6.07, 6.45) is 1.05. The van der Waals surface area contributed by atoms with E-state index < -0.39 is 6.17 Å². The highest BCUT2D eigenvalue weighted by atomic mass is 19.1. The minimum atomic E-state index is -0.647. The van der Waals surface area contributed by atoms with Crippen LogP contribution >= 0.6 is 0 Å². The van der Waals surface area contributed by atoms with E-state index in [2.05, 4.69) is 17.0 Å². The number of nitrogens with zero attached hydrogens (tertiary/aromatic N) is 1. The van der Waals surface area contributed by atoms with E-state index >= 15 is 0 Å². The molecule has 94 valence electrons. The molecule has 0 radical (unpaired) electrons. The summed E-state index contributed by atoms with van der Waals surface area (Å²) in [7, 11) is 0. The fraction of sp³-hybridized carbons (Fsp3) is 0.571. The van der Waals surface area contributed by atoms with Crippen molar-refractivity contribution in [3.05, 3.63) is 29.8 Å². The smallest absolute Gasteiger partial charge is 0.119 e. The number of piperidine rings is 1. The van der Waals surface area contributed by atoms with Crippen molar-refractivity contribution in [3.63, 3.8) is 0 Å². The van der Waals surface area contributed by atoms with E-state index in [0.717, 1.165) is 31.7 Å². The Bertz CT molecular complexity index is 339. The van der Waals surface area contributed by atoms with Gasteiger partial charge in [-0.05, 0) is 44.0 Å². The molecule has 1 aliphatic heterocycles. The van der Waals surface area contributed by atoms with E-state index in [0.29, 0.717) is 13.2 Å². The zero-order valence-electron chi connectivity index (χ0n) is 10.4. The van der Waals surface area contributed by atoms with Gasteiger partial charge in [-0.25, -0.2) is 4.39 Å². The number of rotatable bonds is 4. The van der Waals surface area contributed by atoms with Crippen LogP contribution < -0.4 is 4.74 Å². The predicted octanol–water partition coefficient (Wildman–Crippen LogP) is 3.02. The number of hydrogen-bond acceptors (Lipinski definition) is 2. The Kier molecular flexibility index (Phi) is 4.37. The molecule has 1 atom stereocenters. The highest BCUT2D eigenvalue weighted by Gasteiger charge is 2.18. The van der Waals surface area contributed by atoms with Crippen molar-refractivity contribution in [1.29, 1.82) is 0 Å². The largest absolute Gasteiger partial charge is 0.494 e. The minimum absolute atomic E-state index is 0.577. The summed E-state index contributed by atoms with van der Waals surface area (Å²) in [6, 6.07) is 8.09. The number of likely N-dealkylation sites (tertiary alicyclic amines) is 1. The molecule has 1 saturated heterocycles. The number of halogens is 1. The first kappa shape index (κ1) is 12.4. The molecule has 0 bridgehead atoms. The maximum absolute atomic E-state index is 13.2. The number of benzene rings is 1. The van der Waals surface area contributed by atoms with Crippen molar-refractivity contribution in [1.82, 2.24) is 4.90 Å². The molecule has 17 heavy (non-hydrogen) atoms. The third-order valence-electron chi connectivity index (χ3n) is 3.09. The van der Waals surface area contributed by atoms with Gasteiger partial charge >= 0.3 is 0 Å². The van der Waals surface area contributed by atoms with Crippen molar-refractivity contribution in [2.24, 2.45) is 0 Å². The molecule has 0 aromatic heterocycles. The summed E-state index contributed by atoms with van der Waals surface area (Å²) in [5, 5.41) is 0. The van der Waals surface area contributed by atoms with Crippen molar-refractivity contribution in [3.8, 4) is 5.75 Å². The van der Waals surface area contributed by atoms with Crippen LogP contribution in [0.3, 0.4) is 0 Å². The molecule has 1 unspecified atom stereocenters. The average Bonchev–Trinajstić information content (AvgIpc) is 2.32. The van der Waals surface area contributed by atoms with Gasteiger partial charge in [-0.1, -0.05) is 12.1 Å². The highest BCUT2D eigenvalue weighted by Crippen LogP contribution is 2.17. The molecule has 1 aliphatic rings. The molecule has 0 aliphatic carbocycles. The topological polar surface area (TPSA) is 12.5 Å². The second-order valence-corrected chi connectivity index (χ2v) is 4.55. The van der Waals surface area contributed by atoms with E-state index in [4.69, 9.17) is 4.74 Å². The van der Waals surface area contributed by atoms with Crippen LogP contribution in [0.5, 0.6) is 5.75 Å². The van der Waals surface area contributed by atoms with Gasteiger partial charge in [-0.3, -0.25) is 4.90 Å². The second kappa shape index (κ2) is 6.01. The summed E-state index contributed by atoms with van der Waals surface area (Å²) in [5.74, 6) is 0.901. The van der Waals surface area contributed by atoms with Gasteiger partial charge in [0.1, 0.15) is 11.9 Å². The first-order valence-electron chi connectivity index (χ1n) is 6.36. The Morgan fingerprint density at radius 1 is 1.35 bits per heavy atom. The fourth-order valence-electron chi connectivity index (χ4n) is 2.26. The maximum Gasteiger partial charge on any atom is 0.119 e. The van der Waals surface area contributed by atoms with Crippen LogP contribution in [0.4, 0.5) is 4.39 Å². The molecule has 0 N–H and O–H groups in total. The van der Waals surface area contributed by atoms with Gasteiger partial charge < -0.3 is 4.74 Å². The third-order valence-corrected chi connectivity index (χ3v) is 3.09.